The van der Waals surface area contributed by atoms with E-state index in [0.29, 0.717) is 30.9 Å². The molecule has 2 aromatic heterocycles. The van der Waals surface area contributed by atoms with Crippen molar-refractivity contribution in [2.75, 3.05) is 19.8 Å². The van der Waals surface area contributed by atoms with Gasteiger partial charge in [0.1, 0.15) is 11.1 Å². The lowest BCUT2D eigenvalue weighted by molar-refractivity contribution is -0.145. The van der Waals surface area contributed by atoms with Crippen LogP contribution in [0.5, 0.6) is 0 Å². The lowest BCUT2D eigenvalue weighted by Crippen LogP contribution is -2.50. The summed E-state index contributed by atoms with van der Waals surface area (Å²) in [5.41, 5.74) is 0.877. The second-order valence-corrected chi connectivity index (χ2v) is 5.60. The number of para-hydroxylation sites is 1. The van der Waals surface area contributed by atoms with Gasteiger partial charge in [-0.1, -0.05) is 12.1 Å². The van der Waals surface area contributed by atoms with Crippen LogP contribution in [0.2, 0.25) is 0 Å². The fourth-order valence-electron chi connectivity index (χ4n) is 2.71. The molecule has 4 rings (SSSR count). The van der Waals surface area contributed by atoms with E-state index in [1.54, 1.807) is 0 Å². The highest BCUT2D eigenvalue weighted by molar-refractivity contribution is 6.01. The minimum absolute atomic E-state index is 0.0163. The third-order valence-corrected chi connectivity index (χ3v) is 4.01. The molecular formula is C15H14N2O4. The van der Waals surface area contributed by atoms with Gasteiger partial charge in [0.05, 0.1) is 31.6 Å². The first-order valence-corrected chi connectivity index (χ1v) is 6.78. The Labute approximate surface area is 119 Å². The van der Waals surface area contributed by atoms with Crippen molar-refractivity contribution in [3.05, 3.63) is 40.9 Å². The number of aliphatic hydroxyl groups is 1. The van der Waals surface area contributed by atoms with Gasteiger partial charge in [0.25, 0.3) is 5.56 Å². The summed E-state index contributed by atoms with van der Waals surface area (Å²) < 4.78 is 12.3. The Balaban J connectivity index is 1.86. The van der Waals surface area contributed by atoms with E-state index in [0.717, 1.165) is 5.39 Å². The molecule has 0 atom stereocenters. The highest BCUT2D eigenvalue weighted by atomic mass is 16.5. The Bertz CT molecular complexity index is 871. The fourth-order valence-corrected chi connectivity index (χ4v) is 2.71. The molecule has 1 aliphatic rings. The topological polar surface area (TPSA) is 77.5 Å². The van der Waals surface area contributed by atoms with E-state index in [2.05, 4.69) is 4.98 Å². The van der Waals surface area contributed by atoms with Gasteiger partial charge in [0.2, 0.25) is 5.58 Å². The summed E-state index contributed by atoms with van der Waals surface area (Å²) in [6.45, 7) is 1.27. The van der Waals surface area contributed by atoms with Gasteiger partial charge in [-0.05, 0) is 12.1 Å². The smallest absolute Gasteiger partial charge is 0.297 e. The molecule has 0 radical (unpaired) electrons. The highest BCUT2D eigenvalue weighted by Gasteiger charge is 2.39. The summed E-state index contributed by atoms with van der Waals surface area (Å²) in [6.07, 6.45) is 1.52. The van der Waals surface area contributed by atoms with Crippen molar-refractivity contribution in [1.82, 2.24) is 9.55 Å². The number of fused-ring (bicyclic) bond motifs is 3. The molecule has 0 amide bonds. The van der Waals surface area contributed by atoms with Gasteiger partial charge >= 0.3 is 0 Å². The Morgan fingerprint density at radius 2 is 2.14 bits per heavy atom. The number of aromatic nitrogens is 2. The van der Waals surface area contributed by atoms with Crippen LogP contribution in [-0.2, 0) is 11.3 Å². The SMILES string of the molecule is O=c1c2oc3ccccc3c2ncn1CC1(CO)COC1. The van der Waals surface area contributed by atoms with Crippen molar-refractivity contribution in [1.29, 1.82) is 0 Å². The van der Waals surface area contributed by atoms with E-state index >= 15 is 0 Å². The van der Waals surface area contributed by atoms with Crippen LogP contribution in [0, 0.1) is 5.41 Å². The lowest BCUT2D eigenvalue weighted by Gasteiger charge is -2.39. The molecule has 0 bridgehead atoms. The number of benzene rings is 1. The third-order valence-electron chi connectivity index (χ3n) is 4.01. The standard InChI is InChI=1S/C15H14N2O4/c18-6-15(7-20-8-15)5-17-9-16-12-10-3-1-2-4-11(10)21-13(12)14(17)19/h1-4,9,18H,5-8H2. The second-order valence-electron chi connectivity index (χ2n) is 5.60. The summed E-state index contributed by atoms with van der Waals surface area (Å²) >= 11 is 0. The predicted molar refractivity (Wildman–Crippen MR) is 76.1 cm³/mol. The maximum atomic E-state index is 12.5. The van der Waals surface area contributed by atoms with Gasteiger partial charge in [-0.15, -0.1) is 0 Å². The van der Waals surface area contributed by atoms with Crippen LogP contribution in [0.25, 0.3) is 22.1 Å². The molecule has 3 aromatic rings. The van der Waals surface area contributed by atoms with Gasteiger partial charge in [0.15, 0.2) is 0 Å². The summed E-state index contributed by atoms with van der Waals surface area (Å²) in [6, 6.07) is 7.44. The molecule has 1 fully saturated rings. The maximum absolute atomic E-state index is 12.5. The minimum atomic E-state index is -0.384. The van der Waals surface area contributed by atoms with Crippen molar-refractivity contribution < 1.29 is 14.3 Å². The number of rotatable bonds is 3. The molecule has 1 aliphatic heterocycles. The summed E-state index contributed by atoms with van der Waals surface area (Å²) in [4.78, 5) is 16.9. The first kappa shape index (κ1) is 12.6. The van der Waals surface area contributed by atoms with Crippen LogP contribution < -0.4 is 5.56 Å². The van der Waals surface area contributed by atoms with Crippen LogP contribution in [0.4, 0.5) is 0 Å². The molecule has 1 N–H and O–H groups in total. The predicted octanol–water partition coefficient (Wildman–Crippen LogP) is 1.15. The second kappa shape index (κ2) is 4.41. The third kappa shape index (κ3) is 1.80. The van der Waals surface area contributed by atoms with Crippen LogP contribution in [0.1, 0.15) is 0 Å². The summed E-state index contributed by atoms with van der Waals surface area (Å²) in [7, 11) is 0. The normalized spacial score (nSPS) is 17.2. The first-order valence-electron chi connectivity index (χ1n) is 6.78. The van der Waals surface area contributed by atoms with Gasteiger partial charge < -0.3 is 14.3 Å². The Kier molecular flexibility index (Phi) is 2.63. The molecule has 0 unspecified atom stereocenters. The Morgan fingerprint density at radius 3 is 2.86 bits per heavy atom. The molecule has 1 aromatic carbocycles. The zero-order valence-corrected chi connectivity index (χ0v) is 11.3. The van der Waals surface area contributed by atoms with Crippen LogP contribution >= 0.6 is 0 Å². The molecule has 1 saturated heterocycles. The number of nitrogens with zero attached hydrogens (tertiary/aromatic N) is 2. The van der Waals surface area contributed by atoms with E-state index in [1.807, 2.05) is 24.3 Å². The fraction of sp³-hybridized carbons (Fsp3) is 0.333. The van der Waals surface area contributed by atoms with E-state index in [4.69, 9.17) is 9.15 Å². The van der Waals surface area contributed by atoms with Gasteiger partial charge in [0, 0.05) is 11.9 Å². The summed E-state index contributed by atoms with van der Waals surface area (Å²) in [5.74, 6) is 0. The Hall–Kier alpha value is -2.18. The molecule has 108 valence electrons. The largest absolute Gasteiger partial charge is 0.448 e. The number of aliphatic hydroxyl groups excluding tert-OH is 1. The van der Waals surface area contributed by atoms with Gasteiger partial charge in [-0.25, -0.2) is 4.98 Å². The van der Waals surface area contributed by atoms with Crippen LogP contribution in [0.3, 0.4) is 0 Å². The van der Waals surface area contributed by atoms with Gasteiger partial charge in [-0.2, -0.15) is 0 Å². The monoisotopic (exact) mass is 286 g/mol. The molecule has 0 aliphatic carbocycles. The van der Waals surface area contributed by atoms with Crippen molar-refractivity contribution in [2.45, 2.75) is 6.54 Å². The molecule has 21 heavy (non-hydrogen) atoms. The average Bonchev–Trinajstić information content (AvgIpc) is 2.85. The maximum Gasteiger partial charge on any atom is 0.297 e. The van der Waals surface area contributed by atoms with E-state index in [1.165, 1.54) is 10.9 Å². The van der Waals surface area contributed by atoms with Crippen molar-refractivity contribution >= 4 is 22.1 Å². The number of hydrogen-bond acceptors (Lipinski definition) is 5. The first-order chi connectivity index (χ1) is 10.2. The highest BCUT2D eigenvalue weighted by Crippen LogP contribution is 2.29. The molecule has 0 spiro atoms. The van der Waals surface area contributed by atoms with Crippen LogP contribution in [0.15, 0.2) is 39.8 Å². The molecular weight excluding hydrogens is 272 g/mol. The van der Waals surface area contributed by atoms with Crippen molar-refractivity contribution in [2.24, 2.45) is 5.41 Å². The molecule has 6 nitrogen and oxygen atoms in total. The number of hydrogen-bond donors (Lipinski definition) is 1. The average molecular weight is 286 g/mol. The Morgan fingerprint density at radius 1 is 1.33 bits per heavy atom. The van der Waals surface area contributed by atoms with Crippen molar-refractivity contribution in [3.63, 3.8) is 0 Å². The van der Waals surface area contributed by atoms with Crippen LogP contribution in [-0.4, -0.2) is 34.5 Å². The zero-order chi connectivity index (χ0) is 14.4. The molecule has 6 heteroatoms. The molecule has 3 heterocycles. The van der Waals surface area contributed by atoms with Gasteiger partial charge in [-0.3, -0.25) is 9.36 Å². The number of ether oxygens (including phenoxy) is 1. The minimum Gasteiger partial charge on any atom is -0.448 e. The summed E-state index contributed by atoms with van der Waals surface area (Å²) in [5, 5.41) is 10.3. The number of furan rings is 1. The quantitative estimate of drug-likeness (QED) is 0.781. The van der Waals surface area contributed by atoms with Crippen molar-refractivity contribution in [3.8, 4) is 0 Å². The zero-order valence-electron chi connectivity index (χ0n) is 11.3. The van der Waals surface area contributed by atoms with E-state index in [9.17, 15) is 9.90 Å². The lowest BCUT2D eigenvalue weighted by atomic mass is 9.87. The van der Waals surface area contributed by atoms with E-state index < -0.39 is 0 Å². The van der Waals surface area contributed by atoms with E-state index in [-0.39, 0.29) is 23.2 Å². The molecule has 0 saturated carbocycles.